The lowest BCUT2D eigenvalue weighted by Gasteiger charge is -2.16. The van der Waals surface area contributed by atoms with E-state index in [0.717, 1.165) is 17.7 Å². The molecule has 1 saturated heterocycles. The van der Waals surface area contributed by atoms with Crippen molar-refractivity contribution in [1.82, 2.24) is 20.4 Å². The van der Waals surface area contributed by atoms with Gasteiger partial charge in [0.05, 0.1) is 7.11 Å². The Kier molecular flexibility index (Phi) is 5.97. The number of nitrogens with one attached hydrogen (secondary N) is 2. The summed E-state index contributed by atoms with van der Waals surface area (Å²) in [6.07, 6.45) is 0.761. The summed E-state index contributed by atoms with van der Waals surface area (Å²) in [7, 11) is 1.59. The van der Waals surface area contributed by atoms with Crippen LogP contribution in [0.4, 0.5) is 4.39 Å². The minimum absolute atomic E-state index is 0.0627. The summed E-state index contributed by atoms with van der Waals surface area (Å²) in [6.45, 7) is 1.43. The Balaban J connectivity index is 1.36. The second kappa shape index (κ2) is 8.99. The number of methoxy groups -OCH3 is 1. The summed E-state index contributed by atoms with van der Waals surface area (Å²) in [5.41, 5.74) is 2.45. The summed E-state index contributed by atoms with van der Waals surface area (Å²) >= 11 is 0. The highest BCUT2D eigenvalue weighted by molar-refractivity contribution is 5.94. The van der Waals surface area contributed by atoms with Crippen LogP contribution in [0.15, 0.2) is 54.6 Å². The van der Waals surface area contributed by atoms with E-state index in [1.165, 1.54) is 24.3 Å². The fourth-order valence-corrected chi connectivity index (χ4v) is 3.75. The predicted octanol–water partition coefficient (Wildman–Crippen LogP) is 3.12. The first-order chi connectivity index (χ1) is 15.0. The normalized spacial score (nSPS) is 15.7. The number of hydrogen-bond acceptors (Lipinski definition) is 4. The van der Waals surface area contributed by atoms with Crippen LogP contribution in [0.2, 0.25) is 0 Å². The Morgan fingerprint density at radius 1 is 1.23 bits per heavy atom. The summed E-state index contributed by atoms with van der Waals surface area (Å²) in [6, 6.07) is 14.8. The number of hydrogen-bond donors (Lipinski definition) is 2. The minimum atomic E-state index is -0.371. The first-order valence-electron chi connectivity index (χ1n) is 10.1. The fourth-order valence-electron chi connectivity index (χ4n) is 3.75. The maximum absolute atomic E-state index is 13.1. The Bertz CT molecular complexity index is 1080. The first kappa shape index (κ1) is 20.6. The lowest BCUT2D eigenvalue weighted by Crippen LogP contribution is -2.28. The van der Waals surface area contributed by atoms with E-state index in [-0.39, 0.29) is 23.5 Å². The third-order valence-corrected chi connectivity index (χ3v) is 5.47. The van der Waals surface area contributed by atoms with Crippen molar-refractivity contribution in [3.8, 4) is 5.75 Å². The van der Waals surface area contributed by atoms with Gasteiger partial charge in [-0.05, 0) is 42.8 Å². The van der Waals surface area contributed by atoms with Crippen molar-refractivity contribution in [3.63, 3.8) is 0 Å². The number of carbonyl (C=O) groups excluding carboxylic acids is 2. The van der Waals surface area contributed by atoms with Crippen molar-refractivity contribution in [2.75, 3.05) is 20.2 Å². The van der Waals surface area contributed by atoms with Gasteiger partial charge in [-0.3, -0.25) is 14.7 Å². The molecule has 1 aromatic heterocycles. The molecule has 31 heavy (non-hydrogen) atoms. The average molecular weight is 422 g/mol. The molecule has 8 heteroatoms. The average Bonchev–Trinajstić information content (AvgIpc) is 3.47. The number of amides is 2. The molecule has 0 radical (unpaired) electrons. The number of aromatic nitrogens is 2. The van der Waals surface area contributed by atoms with Gasteiger partial charge in [0.1, 0.15) is 17.3 Å². The number of benzene rings is 2. The molecule has 1 fully saturated rings. The van der Waals surface area contributed by atoms with Crippen molar-refractivity contribution < 1.29 is 18.7 Å². The van der Waals surface area contributed by atoms with Gasteiger partial charge in [0.25, 0.3) is 11.8 Å². The monoisotopic (exact) mass is 422 g/mol. The topological polar surface area (TPSA) is 87.3 Å². The van der Waals surface area contributed by atoms with Crippen molar-refractivity contribution in [1.29, 1.82) is 0 Å². The quantitative estimate of drug-likeness (QED) is 0.639. The number of likely N-dealkylation sites (tertiary alicyclic amines) is 1. The summed E-state index contributed by atoms with van der Waals surface area (Å²) in [5.74, 6) is -0.0117. The third-order valence-electron chi connectivity index (χ3n) is 5.47. The third kappa shape index (κ3) is 4.58. The fraction of sp³-hybridized carbons (Fsp3) is 0.261. The van der Waals surface area contributed by atoms with Gasteiger partial charge in [0, 0.05) is 42.4 Å². The number of ether oxygens (including phenoxy) is 1. The zero-order chi connectivity index (χ0) is 21.8. The van der Waals surface area contributed by atoms with Gasteiger partial charge in [-0.25, -0.2) is 4.39 Å². The smallest absolute Gasteiger partial charge is 0.272 e. The number of aromatic amines is 1. The van der Waals surface area contributed by atoms with Crippen molar-refractivity contribution in [3.05, 3.63) is 82.9 Å². The van der Waals surface area contributed by atoms with Gasteiger partial charge in [-0.15, -0.1) is 0 Å². The second-order valence-electron chi connectivity index (χ2n) is 7.45. The largest absolute Gasteiger partial charge is 0.496 e. The number of H-pyrrole nitrogens is 1. The molecule has 0 spiro atoms. The molecule has 160 valence electrons. The number of para-hydroxylation sites is 1. The van der Waals surface area contributed by atoms with Crippen LogP contribution in [0.25, 0.3) is 0 Å². The molecule has 2 aromatic carbocycles. The maximum atomic E-state index is 13.1. The number of halogens is 1. The maximum Gasteiger partial charge on any atom is 0.272 e. The number of carbonyl (C=O) groups is 2. The lowest BCUT2D eigenvalue weighted by atomic mass is 10.0. The Morgan fingerprint density at radius 3 is 2.77 bits per heavy atom. The second-order valence-corrected chi connectivity index (χ2v) is 7.45. The van der Waals surface area contributed by atoms with E-state index in [2.05, 4.69) is 15.5 Å². The van der Waals surface area contributed by atoms with Crippen LogP contribution in [0, 0.1) is 5.82 Å². The van der Waals surface area contributed by atoms with E-state index < -0.39 is 0 Å². The van der Waals surface area contributed by atoms with Crippen molar-refractivity contribution in [2.24, 2.45) is 0 Å². The Labute approximate surface area is 179 Å². The minimum Gasteiger partial charge on any atom is -0.496 e. The lowest BCUT2D eigenvalue weighted by molar-refractivity contribution is 0.0790. The zero-order valence-electron chi connectivity index (χ0n) is 17.1. The molecule has 3 aromatic rings. The van der Waals surface area contributed by atoms with Crippen molar-refractivity contribution in [2.45, 2.75) is 18.9 Å². The van der Waals surface area contributed by atoms with Gasteiger partial charge < -0.3 is 15.0 Å². The van der Waals surface area contributed by atoms with Gasteiger partial charge in [-0.2, -0.15) is 5.10 Å². The Hall–Kier alpha value is -3.68. The first-order valence-corrected chi connectivity index (χ1v) is 10.1. The molecule has 0 saturated carbocycles. The summed E-state index contributed by atoms with van der Waals surface area (Å²) in [4.78, 5) is 26.9. The molecule has 0 bridgehead atoms. The van der Waals surface area contributed by atoms with Crippen molar-refractivity contribution >= 4 is 11.8 Å². The molecule has 0 unspecified atom stereocenters. The van der Waals surface area contributed by atoms with Crippen LogP contribution in [0.5, 0.6) is 5.75 Å². The van der Waals surface area contributed by atoms with E-state index in [0.29, 0.717) is 36.6 Å². The van der Waals surface area contributed by atoms with Gasteiger partial charge in [0.2, 0.25) is 0 Å². The molecular weight excluding hydrogens is 399 g/mol. The molecule has 0 aliphatic carbocycles. The summed E-state index contributed by atoms with van der Waals surface area (Å²) < 4.78 is 18.4. The molecule has 7 nitrogen and oxygen atoms in total. The van der Waals surface area contributed by atoms with Crippen LogP contribution >= 0.6 is 0 Å². The molecule has 1 aliphatic heterocycles. The predicted molar refractivity (Wildman–Crippen MR) is 112 cm³/mol. The molecule has 2 N–H and O–H groups in total. The van der Waals surface area contributed by atoms with Crippen LogP contribution in [0.3, 0.4) is 0 Å². The molecule has 2 amide bonds. The zero-order valence-corrected chi connectivity index (χ0v) is 17.1. The van der Waals surface area contributed by atoms with Gasteiger partial charge in [-0.1, -0.05) is 18.2 Å². The SMILES string of the molecule is COc1ccccc1CNC(=O)c1cc([C@H]2CCN(C(=O)c3ccc(F)cc3)C2)[nH]n1. The van der Waals surface area contributed by atoms with Gasteiger partial charge >= 0.3 is 0 Å². The highest BCUT2D eigenvalue weighted by Gasteiger charge is 2.29. The van der Waals surface area contributed by atoms with E-state index in [4.69, 9.17) is 4.74 Å². The molecule has 4 rings (SSSR count). The Morgan fingerprint density at radius 2 is 2.00 bits per heavy atom. The molecule has 2 heterocycles. The summed E-state index contributed by atoms with van der Waals surface area (Å²) in [5, 5.41) is 9.92. The molecule has 1 aliphatic rings. The highest BCUT2D eigenvalue weighted by Crippen LogP contribution is 2.27. The van der Waals surface area contributed by atoms with Crippen LogP contribution in [0.1, 0.15) is 44.4 Å². The molecule has 1 atom stereocenters. The highest BCUT2D eigenvalue weighted by atomic mass is 19.1. The van der Waals surface area contributed by atoms with E-state index in [1.807, 2.05) is 24.3 Å². The van der Waals surface area contributed by atoms with Crippen LogP contribution in [-0.4, -0.2) is 47.1 Å². The number of rotatable bonds is 6. The van der Waals surface area contributed by atoms with Crippen LogP contribution in [-0.2, 0) is 6.54 Å². The molecular formula is C23H23FN4O3. The van der Waals surface area contributed by atoms with Gasteiger partial charge in [0.15, 0.2) is 0 Å². The van der Waals surface area contributed by atoms with E-state index in [9.17, 15) is 14.0 Å². The van der Waals surface area contributed by atoms with Crippen LogP contribution < -0.4 is 10.1 Å². The number of nitrogens with zero attached hydrogens (tertiary/aromatic N) is 2. The van der Waals surface area contributed by atoms with E-state index in [1.54, 1.807) is 18.1 Å². The van der Waals surface area contributed by atoms with E-state index >= 15 is 0 Å². The standard InChI is InChI=1S/C23H23FN4O3/c1-31-21-5-3-2-4-16(21)13-25-22(29)20-12-19(26-27-20)17-10-11-28(14-17)23(30)15-6-8-18(24)9-7-15/h2-9,12,17H,10-11,13-14H2,1H3,(H,25,29)(H,26,27)/t17-/m0/s1.